The molecule has 0 aliphatic rings. The summed E-state index contributed by atoms with van der Waals surface area (Å²) in [6, 6.07) is 5.61. The van der Waals surface area contributed by atoms with E-state index in [-0.39, 0.29) is 5.91 Å². The van der Waals surface area contributed by atoms with E-state index in [1.54, 1.807) is 13.2 Å². The van der Waals surface area contributed by atoms with Crippen LogP contribution in [-0.4, -0.2) is 26.2 Å². The van der Waals surface area contributed by atoms with Gasteiger partial charge in [0.15, 0.2) is 0 Å². The Morgan fingerprint density at radius 3 is 2.93 bits per heavy atom. The molecule has 1 amide bonds. The van der Waals surface area contributed by atoms with E-state index in [2.05, 4.69) is 21.2 Å². The zero-order chi connectivity index (χ0) is 11.3. The van der Waals surface area contributed by atoms with Crippen LogP contribution < -0.4 is 5.32 Å². The number of carbonyl (C=O) groups excluding carboxylic acids is 1. The Morgan fingerprint density at radius 2 is 2.27 bits per heavy atom. The molecule has 0 fully saturated rings. The number of ether oxygens (including phenoxy) is 1. The lowest BCUT2D eigenvalue weighted by Crippen LogP contribution is -2.27. The molecule has 0 spiro atoms. The maximum Gasteiger partial charge on any atom is 0.252 e. The minimum atomic E-state index is -0.0809. The number of rotatable bonds is 4. The van der Waals surface area contributed by atoms with Gasteiger partial charge in [0, 0.05) is 18.1 Å². The second kappa shape index (κ2) is 5.88. The number of aryl methyl sites for hydroxylation is 1. The van der Waals surface area contributed by atoms with Crippen molar-refractivity contribution in [3.63, 3.8) is 0 Å². The van der Waals surface area contributed by atoms with Crippen molar-refractivity contribution in [1.82, 2.24) is 5.32 Å². The fraction of sp³-hybridized carbons (Fsp3) is 0.364. The number of halogens is 1. The number of nitrogens with one attached hydrogen (secondary N) is 1. The first kappa shape index (κ1) is 12.2. The minimum absolute atomic E-state index is 0.0809. The number of hydrogen-bond acceptors (Lipinski definition) is 2. The molecule has 0 unspecified atom stereocenters. The van der Waals surface area contributed by atoms with Gasteiger partial charge in [-0.2, -0.15) is 0 Å². The summed E-state index contributed by atoms with van der Waals surface area (Å²) in [5, 5.41) is 2.77. The van der Waals surface area contributed by atoms with E-state index in [1.807, 2.05) is 19.1 Å². The Kier molecular flexibility index (Phi) is 4.78. The molecule has 82 valence electrons. The minimum Gasteiger partial charge on any atom is -0.383 e. The van der Waals surface area contributed by atoms with Gasteiger partial charge in [0.25, 0.3) is 5.91 Å². The Bertz CT molecular complexity index is 352. The normalized spacial score (nSPS) is 10.1. The highest BCUT2D eigenvalue weighted by molar-refractivity contribution is 9.10. The molecule has 1 aromatic carbocycles. The first-order valence-corrected chi connectivity index (χ1v) is 5.48. The summed E-state index contributed by atoms with van der Waals surface area (Å²) in [6.45, 7) is 3.00. The zero-order valence-electron chi connectivity index (χ0n) is 8.84. The summed E-state index contributed by atoms with van der Waals surface area (Å²) in [4.78, 5) is 11.7. The fourth-order valence-electron chi connectivity index (χ4n) is 1.18. The van der Waals surface area contributed by atoms with E-state index in [0.717, 1.165) is 10.0 Å². The molecule has 1 N–H and O–H groups in total. The molecular formula is C11H14BrNO2. The number of benzene rings is 1. The lowest BCUT2D eigenvalue weighted by molar-refractivity contribution is 0.0936. The number of methoxy groups -OCH3 is 1. The SMILES string of the molecule is COCCNC(=O)c1cccc(C)c1Br. The van der Waals surface area contributed by atoms with Crippen LogP contribution in [0.15, 0.2) is 22.7 Å². The Morgan fingerprint density at radius 1 is 1.53 bits per heavy atom. The molecule has 0 atom stereocenters. The third kappa shape index (κ3) is 3.32. The molecule has 4 heteroatoms. The van der Waals surface area contributed by atoms with Crippen LogP contribution in [0.1, 0.15) is 15.9 Å². The van der Waals surface area contributed by atoms with Crippen LogP contribution in [0.5, 0.6) is 0 Å². The lowest BCUT2D eigenvalue weighted by Gasteiger charge is -2.07. The predicted molar refractivity (Wildman–Crippen MR) is 63.1 cm³/mol. The van der Waals surface area contributed by atoms with E-state index in [1.165, 1.54) is 0 Å². The summed E-state index contributed by atoms with van der Waals surface area (Å²) < 4.78 is 5.70. The molecule has 0 aromatic heterocycles. The van der Waals surface area contributed by atoms with E-state index in [4.69, 9.17) is 4.74 Å². The van der Waals surface area contributed by atoms with Crippen LogP contribution in [0.4, 0.5) is 0 Å². The number of hydrogen-bond donors (Lipinski definition) is 1. The molecule has 0 aliphatic heterocycles. The van der Waals surface area contributed by atoms with Gasteiger partial charge in [-0.1, -0.05) is 12.1 Å². The quantitative estimate of drug-likeness (QED) is 0.853. The Balaban J connectivity index is 2.69. The van der Waals surface area contributed by atoms with Crippen molar-refractivity contribution in [2.45, 2.75) is 6.92 Å². The second-order valence-electron chi connectivity index (χ2n) is 3.19. The number of carbonyl (C=O) groups is 1. The molecule has 1 aromatic rings. The van der Waals surface area contributed by atoms with Gasteiger partial charge in [-0.25, -0.2) is 0 Å². The van der Waals surface area contributed by atoms with Gasteiger partial charge in [0.2, 0.25) is 0 Å². The summed E-state index contributed by atoms with van der Waals surface area (Å²) in [5.74, 6) is -0.0809. The largest absolute Gasteiger partial charge is 0.383 e. The first-order valence-electron chi connectivity index (χ1n) is 4.69. The van der Waals surface area contributed by atoms with Crippen LogP contribution in [0.25, 0.3) is 0 Å². The van der Waals surface area contributed by atoms with Crippen LogP contribution >= 0.6 is 15.9 Å². The van der Waals surface area contributed by atoms with Crippen molar-refractivity contribution in [3.8, 4) is 0 Å². The maximum atomic E-state index is 11.7. The van der Waals surface area contributed by atoms with Crippen LogP contribution in [-0.2, 0) is 4.74 Å². The average molecular weight is 272 g/mol. The van der Waals surface area contributed by atoms with Gasteiger partial charge in [-0.15, -0.1) is 0 Å². The van der Waals surface area contributed by atoms with Gasteiger partial charge in [0.05, 0.1) is 12.2 Å². The zero-order valence-corrected chi connectivity index (χ0v) is 10.4. The molecule has 1 rings (SSSR count). The smallest absolute Gasteiger partial charge is 0.252 e. The molecule has 0 bridgehead atoms. The van der Waals surface area contributed by atoms with E-state index < -0.39 is 0 Å². The summed E-state index contributed by atoms with van der Waals surface area (Å²) in [5.41, 5.74) is 1.71. The van der Waals surface area contributed by atoms with Crippen molar-refractivity contribution in [3.05, 3.63) is 33.8 Å². The van der Waals surface area contributed by atoms with Gasteiger partial charge in [-0.3, -0.25) is 4.79 Å². The second-order valence-corrected chi connectivity index (χ2v) is 3.98. The molecular weight excluding hydrogens is 258 g/mol. The van der Waals surface area contributed by atoms with E-state index >= 15 is 0 Å². The Hall–Kier alpha value is -0.870. The molecule has 0 heterocycles. The van der Waals surface area contributed by atoms with Crippen LogP contribution in [0.3, 0.4) is 0 Å². The third-order valence-corrected chi connectivity index (χ3v) is 3.08. The maximum absolute atomic E-state index is 11.7. The highest BCUT2D eigenvalue weighted by atomic mass is 79.9. The van der Waals surface area contributed by atoms with E-state index in [9.17, 15) is 4.79 Å². The van der Waals surface area contributed by atoms with Crippen molar-refractivity contribution in [2.24, 2.45) is 0 Å². The van der Waals surface area contributed by atoms with E-state index in [0.29, 0.717) is 18.7 Å². The Labute approximate surface area is 97.9 Å². The molecule has 3 nitrogen and oxygen atoms in total. The molecule has 15 heavy (non-hydrogen) atoms. The van der Waals surface area contributed by atoms with Crippen LogP contribution in [0.2, 0.25) is 0 Å². The highest BCUT2D eigenvalue weighted by Gasteiger charge is 2.09. The van der Waals surface area contributed by atoms with Crippen molar-refractivity contribution in [1.29, 1.82) is 0 Å². The van der Waals surface area contributed by atoms with Gasteiger partial charge >= 0.3 is 0 Å². The third-order valence-electron chi connectivity index (χ3n) is 2.03. The predicted octanol–water partition coefficient (Wildman–Crippen LogP) is 2.13. The number of amides is 1. The summed E-state index contributed by atoms with van der Waals surface area (Å²) in [6.07, 6.45) is 0. The van der Waals surface area contributed by atoms with Crippen molar-refractivity contribution >= 4 is 21.8 Å². The molecule has 0 saturated carbocycles. The summed E-state index contributed by atoms with van der Waals surface area (Å²) >= 11 is 3.40. The van der Waals surface area contributed by atoms with Crippen LogP contribution in [0, 0.1) is 6.92 Å². The van der Waals surface area contributed by atoms with Gasteiger partial charge < -0.3 is 10.1 Å². The monoisotopic (exact) mass is 271 g/mol. The summed E-state index contributed by atoms with van der Waals surface area (Å²) in [7, 11) is 1.61. The molecule has 0 aliphatic carbocycles. The van der Waals surface area contributed by atoms with Gasteiger partial charge in [0.1, 0.15) is 0 Å². The standard InChI is InChI=1S/C11H14BrNO2/c1-8-4-3-5-9(10(8)12)11(14)13-6-7-15-2/h3-5H,6-7H2,1-2H3,(H,13,14). The molecule has 0 radical (unpaired) electrons. The lowest BCUT2D eigenvalue weighted by atomic mass is 10.1. The topological polar surface area (TPSA) is 38.3 Å². The average Bonchev–Trinajstić information content (AvgIpc) is 2.22. The first-order chi connectivity index (χ1) is 7.16. The van der Waals surface area contributed by atoms with Crippen molar-refractivity contribution in [2.75, 3.05) is 20.3 Å². The highest BCUT2D eigenvalue weighted by Crippen LogP contribution is 2.20. The fourth-order valence-corrected chi connectivity index (χ4v) is 1.63. The van der Waals surface area contributed by atoms with Gasteiger partial charge in [-0.05, 0) is 34.5 Å². The van der Waals surface area contributed by atoms with Crippen molar-refractivity contribution < 1.29 is 9.53 Å². The molecule has 0 saturated heterocycles.